The monoisotopic (exact) mass is 347 g/mol. The van der Waals surface area contributed by atoms with E-state index in [0.29, 0.717) is 23.3 Å². The van der Waals surface area contributed by atoms with E-state index in [9.17, 15) is 4.39 Å². The minimum atomic E-state index is -0.370. The van der Waals surface area contributed by atoms with Gasteiger partial charge in [-0.25, -0.2) is 9.07 Å². The molecule has 0 saturated heterocycles. The van der Waals surface area contributed by atoms with Crippen molar-refractivity contribution in [2.45, 2.75) is 13.2 Å². The zero-order valence-electron chi connectivity index (χ0n) is 12.9. The van der Waals surface area contributed by atoms with Gasteiger partial charge in [-0.15, -0.1) is 0 Å². The van der Waals surface area contributed by atoms with Crippen molar-refractivity contribution in [2.24, 2.45) is 7.05 Å². The minimum absolute atomic E-state index is 0.252. The Kier molecular flexibility index (Phi) is 4.90. The molecule has 8 heteroatoms. The summed E-state index contributed by atoms with van der Waals surface area (Å²) in [4.78, 5) is 0. The Morgan fingerprint density at radius 3 is 2.79 bits per heavy atom. The Morgan fingerprint density at radius 2 is 2.04 bits per heavy atom. The number of nitrogens with zero attached hydrogens (tertiary/aromatic N) is 4. The van der Waals surface area contributed by atoms with Gasteiger partial charge in [-0.2, -0.15) is 0 Å². The maximum atomic E-state index is 13.1. The lowest BCUT2D eigenvalue weighted by Crippen LogP contribution is -2.07. The van der Waals surface area contributed by atoms with E-state index < -0.39 is 0 Å². The lowest BCUT2D eigenvalue weighted by Gasteiger charge is -2.13. The molecule has 0 atom stereocenters. The number of halogens is 2. The smallest absolute Gasteiger partial charge is 0.242 e. The lowest BCUT2D eigenvalue weighted by molar-refractivity contribution is 0.303. The van der Waals surface area contributed by atoms with Crippen LogP contribution >= 0.6 is 11.6 Å². The summed E-state index contributed by atoms with van der Waals surface area (Å²) in [6.45, 7) is 0.753. The Morgan fingerprint density at radius 1 is 1.21 bits per heavy atom. The highest BCUT2D eigenvalue weighted by Gasteiger charge is 2.08. The molecule has 0 radical (unpaired) electrons. The van der Waals surface area contributed by atoms with E-state index in [1.807, 2.05) is 24.3 Å². The van der Waals surface area contributed by atoms with E-state index in [1.165, 1.54) is 12.1 Å². The lowest BCUT2D eigenvalue weighted by atomic mass is 10.2. The zero-order chi connectivity index (χ0) is 16.9. The zero-order valence-corrected chi connectivity index (χ0v) is 13.7. The molecule has 1 N–H and O–H groups in total. The van der Waals surface area contributed by atoms with Crippen molar-refractivity contribution < 1.29 is 9.13 Å². The van der Waals surface area contributed by atoms with Gasteiger partial charge in [0, 0.05) is 24.7 Å². The first-order valence-electron chi connectivity index (χ1n) is 7.24. The number of ether oxygens (including phenoxy) is 1. The maximum Gasteiger partial charge on any atom is 0.242 e. The van der Waals surface area contributed by atoms with Crippen LogP contribution < -0.4 is 10.1 Å². The summed E-state index contributed by atoms with van der Waals surface area (Å²) >= 11 is 6.02. The van der Waals surface area contributed by atoms with E-state index in [2.05, 4.69) is 20.8 Å². The molecular formula is C16H15ClFN5O. The van der Waals surface area contributed by atoms with Gasteiger partial charge in [0.2, 0.25) is 5.95 Å². The van der Waals surface area contributed by atoms with Gasteiger partial charge >= 0.3 is 0 Å². The van der Waals surface area contributed by atoms with Crippen LogP contribution in [0.4, 0.5) is 10.3 Å². The van der Waals surface area contributed by atoms with E-state index in [1.54, 1.807) is 17.8 Å². The molecule has 0 unspecified atom stereocenters. The third-order valence-electron chi connectivity index (χ3n) is 3.43. The fraction of sp³-hybridized carbons (Fsp3) is 0.188. The highest BCUT2D eigenvalue weighted by Crippen LogP contribution is 2.23. The molecule has 0 amide bonds. The van der Waals surface area contributed by atoms with Crippen LogP contribution in [0.25, 0.3) is 0 Å². The van der Waals surface area contributed by atoms with Crippen molar-refractivity contribution in [1.82, 2.24) is 20.2 Å². The van der Waals surface area contributed by atoms with Crippen molar-refractivity contribution >= 4 is 17.5 Å². The number of benzene rings is 2. The third kappa shape index (κ3) is 3.80. The Bertz CT molecular complexity index is 839. The van der Waals surface area contributed by atoms with Crippen LogP contribution in [0.3, 0.4) is 0 Å². The Labute approximate surface area is 143 Å². The molecule has 0 fully saturated rings. The number of aromatic nitrogens is 4. The van der Waals surface area contributed by atoms with Crippen molar-refractivity contribution in [3.05, 3.63) is 64.4 Å². The highest BCUT2D eigenvalue weighted by molar-refractivity contribution is 6.31. The second kappa shape index (κ2) is 7.27. The summed E-state index contributed by atoms with van der Waals surface area (Å²) in [7, 11) is 1.75. The number of anilines is 1. The molecule has 3 aromatic rings. The van der Waals surface area contributed by atoms with Crippen LogP contribution in [-0.2, 0) is 20.2 Å². The molecule has 0 saturated carbocycles. The molecule has 0 bridgehead atoms. The molecule has 0 aliphatic rings. The van der Waals surface area contributed by atoms with E-state index in [0.717, 1.165) is 11.1 Å². The SMILES string of the molecule is Cn1nnnc1NCc1ccccc1OCc1ccc(F)cc1Cl. The molecule has 0 spiro atoms. The summed E-state index contributed by atoms with van der Waals surface area (Å²) in [6, 6.07) is 11.9. The summed E-state index contributed by atoms with van der Waals surface area (Å²) in [6.07, 6.45) is 0. The number of rotatable bonds is 6. The predicted molar refractivity (Wildman–Crippen MR) is 88.3 cm³/mol. The predicted octanol–water partition coefficient (Wildman–Crippen LogP) is 3.19. The van der Waals surface area contributed by atoms with Crippen LogP contribution in [0.15, 0.2) is 42.5 Å². The van der Waals surface area contributed by atoms with Gasteiger partial charge in [-0.3, -0.25) is 0 Å². The van der Waals surface area contributed by atoms with Gasteiger partial charge in [0.05, 0.1) is 5.02 Å². The van der Waals surface area contributed by atoms with Gasteiger partial charge in [0.15, 0.2) is 0 Å². The quantitative estimate of drug-likeness (QED) is 0.741. The van der Waals surface area contributed by atoms with Gasteiger partial charge in [0.1, 0.15) is 18.2 Å². The topological polar surface area (TPSA) is 64.9 Å². The molecule has 6 nitrogen and oxygen atoms in total. The van der Waals surface area contributed by atoms with Crippen molar-refractivity contribution in [1.29, 1.82) is 0 Å². The summed E-state index contributed by atoms with van der Waals surface area (Å²) in [5, 5.41) is 14.7. The fourth-order valence-electron chi connectivity index (χ4n) is 2.14. The van der Waals surface area contributed by atoms with Gasteiger partial charge in [-0.1, -0.05) is 41.0 Å². The van der Waals surface area contributed by atoms with Gasteiger partial charge in [-0.05, 0) is 28.6 Å². The molecule has 3 rings (SSSR count). The molecule has 24 heavy (non-hydrogen) atoms. The second-order valence-electron chi connectivity index (χ2n) is 5.11. The molecule has 1 aromatic heterocycles. The largest absolute Gasteiger partial charge is 0.488 e. The molecule has 1 heterocycles. The van der Waals surface area contributed by atoms with Gasteiger partial charge < -0.3 is 10.1 Å². The van der Waals surface area contributed by atoms with Crippen LogP contribution in [0.5, 0.6) is 5.75 Å². The highest BCUT2D eigenvalue weighted by atomic mass is 35.5. The Hall–Kier alpha value is -2.67. The molecule has 0 aliphatic heterocycles. The summed E-state index contributed by atoms with van der Waals surface area (Å²) in [5.74, 6) is 0.900. The number of hydrogen-bond donors (Lipinski definition) is 1. The third-order valence-corrected chi connectivity index (χ3v) is 3.78. The number of hydrogen-bond acceptors (Lipinski definition) is 5. The van der Waals surface area contributed by atoms with Crippen LogP contribution in [0, 0.1) is 5.82 Å². The number of nitrogens with one attached hydrogen (secondary N) is 1. The van der Waals surface area contributed by atoms with Crippen LogP contribution in [0.1, 0.15) is 11.1 Å². The van der Waals surface area contributed by atoms with Crippen molar-refractivity contribution in [3.8, 4) is 5.75 Å². The average Bonchev–Trinajstić information content (AvgIpc) is 2.98. The van der Waals surface area contributed by atoms with Crippen molar-refractivity contribution in [3.63, 3.8) is 0 Å². The van der Waals surface area contributed by atoms with Crippen molar-refractivity contribution in [2.75, 3.05) is 5.32 Å². The normalized spacial score (nSPS) is 10.6. The van der Waals surface area contributed by atoms with Crippen LogP contribution in [-0.4, -0.2) is 20.2 Å². The average molecular weight is 348 g/mol. The Balaban J connectivity index is 1.68. The molecule has 0 aliphatic carbocycles. The van der Waals surface area contributed by atoms with E-state index in [4.69, 9.17) is 16.3 Å². The van der Waals surface area contributed by atoms with Crippen LogP contribution in [0.2, 0.25) is 5.02 Å². The maximum absolute atomic E-state index is 13.1. The molecular weight excluding hydrogens is 333 g/mol. The van der Waals surface area contributed by atoms with E-state index >= 15 is 0 Å². The molecule has 124 valence electrons. The minimum Gasteiger partial charge on any atom is -0.488 e. The first-order chi connectivity index (χ1) is 11.6. The van der Waals surface area contributed by atoms with Gasteiger partial charge in [0.25, 0.3) is 0 Å². The number of aryl methyl sites for hydroxylation is 1. The summed E-state index contributed by atoms with van der Waals surface area (Å²) in [5.41, 5.74) is 1.66. The fourth-order valence-corrected chi connectivity index (χ4v) is 2.36. The first-order valence-corrected chi connectivity index (χ1v) is 7.62. The first kappa shape index (κ1) is 16.2. The molecule has 2 aromatic carbocycles. The summed E-state index contributed by atoms with van der Waals surface area (Å²) < 4.78 is 20.5. The number of tetrazole rings is 1. The standard InChI is InChI=1S/C16H15ClFN5O/c1-23-16(20-21-22-23)19-9-11-4-2-3-5-15(11)24-10-12-6-7-13(18)8-14(12)17/h2-8H,9-10H2,1H3,(H,19,20,22). The number of para-hydroxylation sites is 1. The second-order valence-corrected chi connectivity index (χ2v) is 5.52. The van der Waals surface area contributed by atoms with E-state index in [-0.39, 0.29) is 12.4 Å².